The summed E-state index contributed by atoms with van der Waals surface area (Å²) < 4.78 is 3.62. The molecule has 0 aliphatic heterocycles. The summed E-state index contributed by atoms with van der Waals surface area (Å²) in [7, 11) is 0. The lowest BCUT2D eigenvalue weighted by Crippen LogP contribution is -2.34. The van der Waals surface area contributed by atoms with Crippen LogP contribution in [0.5, 0.6) is 0 Å². The Morgan fingerprint density at radius 2 is 1.48 bits per heavy atom. The predicted octanol–water partition coefficient (Wildman–Crippen LogP) is 3.63. The Labute approximate surface area is 160 Å². The third-order valence-electron chi connectivity index (χ3n) is 4.14. The van der Waals surface area contributed by atoms with Gasteiger partial charge < -0.3 is 12.6 Å². The Morgan fingerprint density at radius 1 is 0.889 bits per heavy atom. The van der Waals surface area contributed by atoms with Crippen molar-refractivity contribution in [2.24, 2.45) is 0 Å². The Hall–Kier alpha value is -3.58. The first-order valence-corrected chi connectivity index (χ1v) is 8.64. The highest BCUT2D eigenvalue weighted by Crippen LogP contribution is 2.24. The topological polar surface area (TPSA) is 64.8 Å². The summed E-state index contributed by atoms with van der Waals surface area (Å²) in [6.07, 6.45) is 0. The van der Waals surface area contributed by atoms with Gasteiger partial charge in [-0.25, -0.2) is 4.57 Å². The van der Waals surface area contributed by atoms with Crippen molar-refractivity contribution in [1.82, 2.24) is 9.78 Å². The first kappa shape index (κ1) is 16.9. The van der Waals surface area contributed by atoms with E-state index < -0.39 is 4.92 Å². The predicted molar refractivity (Wildman–Crippen MR) is 103 cm³/mol. The van der Waals surface area contributed by atoms with Crippen molar-refractivity contribution >= 4 is 18.3 Å². The number of non-ortho nitro benzene ring substituents is 1. The zero-order valence-corrected chi connectivity index (χ0v) is 14.9. The van der Waals surface area contributed by atoms with Gasteiger partial charge in [-0.05, 0) is 36.4 Å². The molecule has 0 unspecified atom stereocenters. The smallest absolute Gasteiger partial charge is 0.277 e. The van der Waals surface area contributed by atoms with E-state index >= 15 is 0 Å². The van der Waals surface area contributed by atoms with Crippen LogP contribution < -0.4 is 4.57 Å². The maximum Gasteiger partial charge on any atom is 0.277 e. The third kappa shape index (κ3) is 3.16. The first-order valence-electron chi connectivity index (χ1n) is 8.23. The molecule has 0 atom stereocenters. The molecule has 0 aliphatic rings. The molecule has 0 fully saturated rings. The molecule has 0 aliphatic carbocycles. The molecule has 27 heavy (non-hydrogen) atoms. The third-order valence-corrected chi connectivity index (χ3v) is 4.40. The van der Waals surface area contributed by atoms with Crippen LogP contribution in [-0.4, -0.2) is 14.7 Å². The average molecular weight is 374 g/mol. The number of hydrogen-bond acceptors (Lipinski definition) is 4. The molecule has 3 aromatic carbocycles. The van der Waals surface area contributed by atoms with Gasteiger partial charge in [0, 0.05) is 17.2 Å². The normalized spacial score (nSPS) is 10.7. The summed E-state index contributed by atoms with van der Waals surface area (Å²) in [4.78, 5) is 10.6. The van der Waals surface area contributed by atoms with Crippen molar-refractivity contribution in [3.8, 4) is 22.8 Å². The number of benzene rings is 3. The van der Waals surface area contributed by atoms with Crippen molar-refractivity contribution in [3.63, 3.8) is 0 Å². The van der Waals surface area contributed by atoms with Gasteiger partial charge in [0.2, 0.25) is 0 Å². The molecular weight excluding hydrogens is 360 g/mol. The van der Waals surface area contributed by atoms with E-state index in [2.05, 4.69) is 5.10 Å². The molecule has 0 saturated heterocycles. The molecule has 0 bridgehead atoms. The van der Waals surface area contributed by atoms with E-state index in [1.807, 2.05) is 65.2 Å². The summed E-state index contributed by atoms with van der Waals surface area (Å²) in [5.74, 6) is 0.729. The number of rotatable bonds is 4. The molecule has 0 saturated carbocycles. The maximum atomic E-state index is 11.0. The molecule has 7 heteroatoms. The molecule has 4 rings (SSSR count). The number of hydrogen-bond donors (Lipinski definition) is 0. The van der Waals surface area contributed by atoms with Gasteiger partial charge in [0.1, 0.15) is 11.4 Å². The molecule has 0 radical (unpaired) electrons. The molecule has 0 N–H and O–H groups in total. The number of nitrogens with zero attached hydrogens (tertiary/aromatic N) is 4. The Kier molecular flexibility index (Phi) is 4.35. The van der Waals surface area contributed by atoms with Crippen LogP contribution in [0.2, 0.25) is 0 Å². The quantitative estimate of drug-likeness (QED) is 0.237. The zero-order chi connectivity index (χ0) is 18.8. The standard InChI is InChI=1S/C20H14N4O2S/c25-24(26)18-13-11-15(12-14-18)19-22(16-7-3-1-4-8-16)20(27)21-23(19)17-9-5-2-6-10-17/h1-14H. The highest BCUT2D eigenvalue weighted by atomic mass is 32.1. The lowest BCUT2D eigenvalue weighted by Gasteiger charge is -2.07. The zero-order valence-electron chi connectivity index (χ0n) is 14.1. The molecular formula is C20H14N4O2S. The van der Waals surface area contributed by atoms with Gasteiger partial charge in [0.15, 0.2) is 5.16 Å². The highest BCUT2D eigenvalue weighted by molar-refractivity contribution is 7.58. The van der Waals surface area contributed by atoms with E-state index in [9.17, 15) is 10.1 Å². The van der Waals surface area contributed by atoms with Crippen LogP contribution in [0.15, 0.2) is 90.1 Å². The van der Waals surface area contributed by atoms with Crippen LogP contribution in [0.3, 0.4) is 0 Å². The van der Waals surface area contributed by atoms with Gasteiger partial charge in [-0.1, -0.05) is 41.1 Å². The molecule has 1 heterocycles. The van der Waals surface area contributed by atoms with Crippen LogP contribution in [0.4, 0.5) is 5.69 Å². The summed E-state index contributed by atoms with van der Waals surface area (Å²) in [6.45, 7) is 0. The number of para-hydroxylation sites is 2. The lowest BCUT2D eigenvalue weighted by molar-refractivity contribution is -0.625. The summed E-state index contributed by atoms with van der Waals surface area (Å²) in [5, 5.41) is 15.9. The minimum absolute atomic E-state index is 0.0365. The van der Waals surface area contributed by atoms with Gasteiger partial charge in [0.05, 0.1) is 10.5 Å². The van der Waals surface area contributed by atoms with Crippen molar-refractivity contribution in [2.45, 2.75) is 5.16 Å². The van der Waals surface area contributed by atoms with Crippen molar-refractivity contribution in [1.29, 1.82) is 0 Å². The second-order valence-corrected chi connectivity index (χ2v) is 6.19. The van der Waals surface area contributed by atoms with E-state index in [1.54, 1.807) is 16.8 Å². The fourth-order valence-electron chi connectivity index (χ4n) is 2.91. The van der Waals surface area contributed by atoms with Gasteiger partial charge >= 0.3 is 0 Å². The number of aromatic nitrogens is 3. The van der Waals surface area contributed by atoms with E-state index in [0.717, 1.165) is 22.8 Å². The van der Waals surface area contributed by atoms with Gasteiger partial charge in [-0.15, -0.1) is 0 Å². The summed E-state index contributed by atoms with van der Waals surface area (Å²) in [5.41, 5.74) is 2.54. The maximum absolute atomic E-state index is 11.0. The van der Waals surface area contributed by atoms with Gasteiger partial charge in [0.25, 0.3) is 11.5 Å². The minimum Gasteiger partial charge on any atom is -0.702 e. The van der Waals surface area contributed by atoms with Crippen LogP contribution >= 0.6 is 0 Å². The molecule has 0 spiro atoms. The van der Waals surface area contributed by atoms with Crippen molar-refractivity contribution < 1.29 is 9.49 Å². The Balaban J connectivity index is 1.98. The lowest BCUT2D eigenvalue weighted by atomic mass is 10.1. The second kappa shape index (κ2) is 6.97. The largest absolute Gasteiger partial charge is 0.702 e. The van der Waals surface area contributed by atoms with E-state index in [0.29, 0.717) is 5.16 Å². The highest BCUT2D eigenvalue weighted by Gasteiger charge is 2.25. The van der Waals surface area contributed by atoms with Crippen molar-refractivity contribution in [3.05, 3.63) is 95.0 Å². The minimum atomic E-state index is -0.415. The molecule has 0 amide bonds. The van der Waals surface area contributed by atoms with Crippen LogP contribution in [-0.2, 0) is 12.6 Å². The molecule has 6 nitrogen and oxygen atoms in total. The van der Waals surface area contributed by atoms with Crippen LogP contribution in [0, 0.1) is 10.1 Å². The van der Waals surface area contributed by atoms with Crippen molar-refractivity contribution in [2.75, 3.05) is 0 Å². The molecule has 4 aromatic rings. The van der Waals surface area contributed by atoms with Gasteiger partial charge in [-0.2, -0.15) is 0 Å². The monoisotopic (exact) mass is 374 g/mol. The molecule has 132 valence electrons. The fraction of sp³-hybridized carbons (Fsp3) is 0. The van der Waals surface area contributed by atoms with Gasteiger partial charge in [-0.3, -0.25) is 10.1 Å². The Morgan fingerprint density at radius 3 is 2.07 bits per heavy atom. The average Bonchev–Trinajstić information content (AvgIpc) is 3.06. The van der Waals surface area contributed by atoms with E-state index in [1.165, 1.54) is 12.1 Å². The first-order chi connectivity index (χ1) is 13.1. The molecule has 1 aromatic heterocycles. The van der Waals surface area contributed by atoms with E-state index in [4.69, 9.17) is 12.6 Å². The fourth-order valence-corrected chi connectivity index (χ4v) is 3.18. The number of nitro groups is 1. The second-order valence-electron chi connectivity index (χ2n) is 5.83. The van der Waals surface area contributed by atoms with E-state index in [-0.39, 0.29) is 5.69 Å². The summed E-state index contributed by atoms with van der Waals surface area (Å²) in [6, 6.07) is 25.7. The SMILES string of the molecule is O=[N+]([O-])c1ccc(-c2n(-c3ccccc3)nc([S-])[n+]2-c2ccccc2)cc1. The van der Waals surface area contributed by atoms with Crippen LogP contribution in [0.25, 0.3) is 22.8 Å². The number of nitro benzene ring substituents is 1. The Bertz CT molecular complexity index is 1090. The summed E-state index contributed by atoms with van der Waals surface area (Å²) >= 11 is 5.53. The van der Waals surface area contributed by atoms with Crippen LogP contribution in [0.1, 0.15) is 0 Å².